The van der Waals surface area contributed by atoms with E-state index >= 15 is 0 Å². The molecule has 2 N–H and O–H groups in total. The number of carbonyl (C=O) groups excluding carboxylic acids is 1. The summed E-state index contributed by atoms with van der Waals surface area (Å²) in [4.78, 5) is 11.6. The Morgan fingerprint density at radius 3 is 2.94 bits per heavy atom. The Kier molecular flexibility index (Phi) is 3.85. The molecule has 17 heavy (non-hydrogen) atoms. The Hall–Kier alpha value is -1.71. The van der Waals surface area contributed by atoms with Crippen LogP contribution in [0.25, 0.3) is 0 Å². The van der Waals surface area contributed by atoms with Crippen LogP contribution >= 0.6 is 0 Å². The van der Waals surface area contributed by atoms with E-state index in [0.29, 0.717) is 12.6 Å². The molecule has 4 heteroatoms. The zero-order valence-electron chi connectivity index (χ0n) is 10.0. The Morgan fingerprint density at radius 2 is 2.29 bits per heavy atom. The molecular formula is C13H18N2O2. The van der Waals surface area contributed by atoms with Crippen molar-refractivity contribution in [3.05, 3.63) is 24.3 Å². The van der Waals surface area contributed by atoms with Gasteiger partial charge in [-0.3, -0.25) is 0 Å². The van der Waals surface area contributed by atoms with Crippen LogP contribution in [0.1, 0.15) is 26.2 Å². The van der Waals surface area contributed by atoms with E-state index in [0.717, 1.165) is 24.3 Å². The van der Waals surface area contributed by atoms with Gasteiger partial charge in [0.2, 0.25) is 0 Å². The van der Waals surface area contributed by atoms with Gasteiger partial charge >= 0.3 is 6.03 Å². The SMILES string of the molecule is CCOc1cccc(NC(=O)NC2CCC2)c1. The molecule has 0 radical (unpaired) electrons. The van der Waals surface area contributed by atoms with Gasteiger partial charge in [-0.1, -0.05) is 6.07 Å². The van der Waals surface area contributed by atoms with Crippen molar-refractivity contribution in [2.24, 2.45) is 0 Å². The number of hydrogen-bond acceptors (Lipinski definition) is 2. The van der Waals surface area contributed by atoms with Gasteiger partial charge in [0.25, 0.3) is 0 Å². The largest absolute Gasteiger partial charge is 0.494 e. The molecule has 0 bridgehead atoms. The molecule has 0 aliphatic heterocycles. The van der Waals surface area contributed by atoms with Crippen molar-refractivity contribution in [2.45, 2.75) is 32.2 Å². The minimum atomic E-state index is -0.136. The summed E-state index contributed by atoms with van der Waals surface area (Å²) < 4.78 is 5.37. The van der Waals surface area contributed by atoms with Crippen molar-refractivity contribution < 1.29 is 9.53 Å². The van der Waals surface area contributed by atoms with Crippen LogP contribution in [0.5, 0.6) is 5.75 Å². The van der Waals surface area contributed by atoms with E-state index in [2.05, 4.69) is 10.6 Å². The third-order valence-corrected chi connectivity index (χ3v) is 2.84. The maximum Gasteiger partial charge on any atom is 0.319 e. The zero-order chi connectivity index (χ0) is 12.1. The Bertz CT molecular complexity index is 389. The molecule has 1 aromatic rings. The predicted molar refractivity (Wildman–Crippen MR) is 67.4 cm³/mol. The molecule has 1 saturated carbocycles. The minimum Gasteiger partial charge on any atom is -0.494 e. The van der Waals surface area contributed by atoms with Crippen LogP contribution in [0.3, 0.4) is 0 Å². The molecule has 2 amide bonds. The van der Waals surface area contributed by atoms with Gasteiger partial charge in [-0.25, -0.2) is 4.79 Å². The fourth-order valence-electron chi connectivity index (χ4n) is 1.74. The van der Waals surface area contributed by atoms with Gasteiger partial charge in [0.05, 0.1) is 6.61 Å². The first kappa shape index (κ1) is 11.8. The van der Waals surface area contributed by atoms with E-state index < -0.39 is 0 Å². The summed E-state index contributed by atoms with van der Waals surface area (Å²) in [7, 11) is 0. The normalized spacial score (nSPS) is 14.9. The molecule has 2 rings (SSSR count). The van der Waals surface area contributed by atoms with Gasteiger partial charge < -0.3 is 15.4 Å². The van der Waals surface area contributed by atoms with Crippen LogP contribution in [-0.2, 0) is 0 Å². The van der Waals surface area contributed by atoms with Crippen LogP contribution in [0, 0.1) is 0 Å². The summed E-state index contributed by atoms with van der Waals surface area (Å²) in [5.74, 6) is 0.772. The van der Waals surface area contributed by atoms with E-state index in [4.69, 9.17) is 4.74 Å². The van der Waals surface area contributed by atoms with Crippen LogP contribution in [0.4, 0.5) is 10.5 Å². The second-order valence-corrected chi connectivity index (χ2v) is 4.19. The molecule has 0 spiro atoms. The highest BCUT2D eigenvalue weighted by Gasteiger charge is 2.19. The standard InChI is InChI=1S/C13H18N2O2/c1-2-17-12-8-4-7-11(9-12)15-13(16)14-10-5-3-6-10/h4,7-10H,2-3,5-6H2,1H3,(H2,14,15,16). The first-order valence-corrected chi connectivity index (χ1v) is 6.08. The number of benzene rings is 1. The molecule has 0 unspecified atom stereocenters. The highest BCUT2D eigenvalue weighted by Crippen LogP contribution is 2.19. The summed E-state index contributed by atoms with van der Waals surface area (Å²) in [6.07, 6.45) is 3.39. The minimum absolute atomic E-state index is 0.136. The van der Waals surface area contributed by atoms with E-state index in [9.17, 15) is 4.79 Å². The average molecular weight is 234 g/mol. The van der Waals surface area contributed by atoms with Gasteiger partial charge in [0.15, 0.2) is 0 Å². The first-order valence-electron chi connectivity index (χ1n) is 6.08. The first-order chi connectivity index (χ1) is 8.28. The molecule has 1 fully saturated rings. The van der Waals surface area contributed by atoms with Crippen LogP contribution < -0.4 is 15.4 Å². The molecule has 0 heterocycles. The number of ether oxygens (including phenoxy) is 1. The molecule has 0 saturated heterocycles. The highest BCUT2D eigenvalue weighted by molar-refractivity contribution is 5.89. The van der Waals surface area contributed by atoms with E-state index in [-0.39, 0.29) is 6.03 Å². The number of amides is 2. The smallest absolute Gasteiger partial charge is 0.319 e. The van der Waals surface area contributed by atoms with Crippen LogP contribution in [-0.4, -0.2) is 18.7 Å². The van der Waals surface area contributed by atoms with Gasteiger partial charge in [-0.2, -0.15) is 0 Å². The molecule has 1 aliphatic rings. The number of urea groups is 1. The fraction of sp³-hybridized carbons (Fsp3) is 0.462. The molecule has 1 aromatic carbocycles. The van der Waals surface area contributed by atoms with E-state index in [1.807, 2.05) is 31.2 Å². The highest BCUT2D eigenvalue weighted by atomic mass is 16.5. The average Bonchev–Trinajstić information content (AvgIpc) is 2.25. The number of carbonyl (C=O) groups is 1. The Labute approximate surface area is 101 Å². The number of anilines is 1. The van der Waals surface area contributed by atoms with Gasteiger partial charge in [-0.15, -0.1) is 0 Å². The second kappa shape index (κ2) is 5.57. The maximum atomic E-state index is 11.6. The summed E-state index contributed by atoms with van der Waals surface area (Å²) >= 11 is 0. The Balaban J connectivity index is 1.88. The molecule has 0 atom stereocenters. The molecule has 0 aromatic heterocycles. The number of nitrogens with one attached hydrogen (secondary N) is 2. The third-order valence-electron chi connectivity index (χ3n) is 2.84. The number of rotatable bonds is 4. The van der Waals surface area contributed by atoms with Crippen molar-refractivity contribution >= 4 is 11.7 Å². The monoisotopic (exact) mass is 234 g/mol. The molecule has 4 nitrogen and oxygen atoms in total. The van der Waals surface area contributed by atoms with Crippen molar-refractivity contribution in [3.63, 3.8) is 0 Å². The zero-order valence-corrected chi connectivity index (χ0v) is 10.0. The molecule has 92 valence electrons. The fourth-order valence-corrected chi connectivity index (χ4v) is 1.74. The van der Waals surface area contributed by atoms with Crippen LogP contribution in [0.2, 0.25) is 0 Å². The molecule has 1 aliphatic carbocycles. The summed E-state index contributed by atoms with van der Waals surface area (Å²) in [6, 6.07) is 7.63. The van der Waals surface area contributed by atoms with Crippen LogP contribution in [0.15, 0.2) is 24.3 Å². The maximum absolute atomic E-state index is 11.6. The van der Waals surface area contributed by atoms with Gasteiger partial charge in [-0.05, 0) is 38.3 Å². The topological polar surface area (TPSA) is 50.4 Å². The van der Waals surface area contributed by atoms with Crippen molar-refractivity contribution in [3.8, 4) is 5.75 Å². The summed E-state index contributed by atoms with van der Waals surface area (Å²) in [5, 5.41) is 5.74. The third kappa shape index (κ3) is 3.37. The Morgan fingerprint density at radius 1 is 1.47 bits per heavy atom. The lowest BCUT2D eigenvalue weighted by Crippen LogP contribution is -2.41. The summed E-state index contributed by atoms with van der Waals surface area (Å²) in [6.45, 7) is 2.56. The van der Waals surface area contributed by atoms with E-state index in [1.165, 1.54) is 6.42 Å². The predicted octanol–water partition coefficient (Wildman–Crippen LogP) is 2.76. The summed E-state index contributed by atoms with van der Waals surface area (Å²) in [5.41, 5.74) is 0.757. The quantitative estimate of drug-likeness (QED) is 0.841. The number of hydrogen-bond donors (Lipinski definition) is 2. The second-order valence-electron chi connectivity index (χ2n) is 4.19. The molecular weight excluding hydrogens is 216 g/mol. The lowest BCUT2D eigenvalue weighted by atomic mass is 9.93. The van der Waals surface area contributed by atoms with Gasteiger partial charge in [0.1, 0.15) is 5.75 Å². The lowest BCUT2D eigenvalue weighted by molar-refractivity contribution is 0.240. The van der Waals surface area contributed by atoms with E-state index in [1.54, 1.807) is 0 Å². The lowest BCUT2D eigenvalue weighted by Gasteiger charge is -2.26. The van der Waals surface area contributed by atoms with Crippen molar-refractivity contribution in [1.29, 1.82) is 0 Å². The van der Waals surface area contributed by atoms with Gasteiger partial charge in [0, 0.05) is 17.8 Å². The van der Waals surface area contributed by atoms with Crippen molar-refractivity contribution in [2.75, 3.05) is 11.9 Å². The van der Waals surface area contributed by atoms with Crippen molar-refractivity contribution in [1.82, 2.24) is 5.32 Å².